The Morgan fingerprint density at radius 2 is 1.33 bits per heavy atom. The Bertz CT molecular complexity index is 2980. The largest absolute Gasteiger partial charge is 0.497 e. The summed E-state index contributed by atoms with van der Waals surface area (Å²) in [5.74, 6) is 1.69. The van der Waals surface area contributed by atoms with Gasteiger partial charge in [-0.15, -0.1) is 10.2 Å². The molecule has 8 rings (SSSR count). The summed E-state index contributed by atoms with van der Waals surface area (Å²) in [6, 6.07) is 30.0. The molecule has 5 aromatic carbocycles. The number of hydrogen-bond acceptors (Lipinski definition) is 15. The van der Waals surface area contributed by atoms with Crippen molar-refractivity contribution in [2.75, 3.05) is 40.2 Å². The van der Waals surface area contributed by atoms with Crippen LogP contribution in [0.4, 0.5) is 10.8 Å². The second kappa shape index (κ2) is 17.8. The predicted octanol–water partition coefficient (Wildman–Crippen LogP) is 5.24. The average molecular weight is 908 g/mol. The van der Waals surface area contributed by atoms with Crippen molar-refractivity contribution in [1.82, 2.24) is 39.6 Å². The minimum Gasteiger partial charge on any atom is -0.497 e. The summed E-state index contributed by atoms with van der Waals surface area (Å²) >= 11 is 0. The molecule has 0 unspecified atom stereocenters. The molecule has 7 aromatic rings. The molecular formula is C43H41N9O10S2. The molecule has 19 nitrogen and oxygen atoms in total. The highest BCUT2D eigenvalue weighted by molar-refractivity contribution is 7.94. The molecule has 1 amide bonds. The topological polar surface area (TPSA) is 248 Å². The van der Waals surface area contributed by atoms with E-state index in [2.05, 4.69) is 25.7 Å². The van der Waals surface area contributed by atoms with Gasteiger partial charge in [-0.3, -0.25) is 0 Å². The van der Waals surface area contributed by atoms with Crippen molar-refractivity contribution in [3.63, 3.8) is 0 Å². The molecule has 3 N–H and O–H groups in total. The number of sulfone groups is 1. The number of likely N-dealkylation sites (tertiary alicyclic amines) is 1. The molecule has 0 atom stereocenters. The smallest absolute Gasteiger partial charge is 0.407 e. The van der Waals surface area contributed by atoms with Gasteiger partial charge in [-0.1, -0.05) is 59.7 Å². The van der Waals surface area contributed by atoms with Crippen LogP contribution >= 0.6 is 0 Å². The third kappa shape index (κ3) is 8.67. The van der Waals surface area contributed by atoms with Crippen LogP contribution < -0.4 is 19.9 Å². The first-order valence-corrected chi connectivity index (χ1v) is 22.5. The fourth-order valence-electron chi connectivity index (χ4n) is 7.27. The van der Waals surface area contributed by atoms with Crippen molar-refractivity contribution in [1.29, 1.82) is 0 Å². The van der Waals surface area contributed by atoms with E-state index in [0.29, 0.717) is 45.1 Å². The summed E-state index contributed by atoms with van der Waals surface area (Å²) < 4.78 is 86.1. The zero-order chi connectivity index (χ0) is 45.2. The van der Waals surface area contributed by atoms with Gasteiger partial charge in [-0.05, 0) is 92.8 Å². The minimum atomic E-state index is -4.96. The molecule has 1 fully saturated rings. The number of aromatic nitrogens is 6. The van der Waals surface area contributed by atoms with Crippen LogP contribution in [0, 0.1) is 0 Å². The van der Waals surface area contributed by atoms with Crippen molar-refractivity contribution in [2.45, 2.75) is 34.7 Å². The Labute approximate surface area is 367 Å². The van der Waals surface area contributed by atoms with Gasteiger partial charge >= 0.3 is 12.1 Å². The number of anilines is 1. The SMILES string of the molecule is COc1ccc(CN(Cc2ccc(OC)cc2)S(=O)(=O)c2c(S(=O)(=O)C3CN(C(=O)O)C3)ccc(-c3cccc(-c4nnc(N)o4)c3)c2-c2nnnn2Cc2ccc(OC)cc2)cc1. The highest BCUT2D eigenvalue weighted by atomic mass is 32.2. The second-order valence-corrected chi connectivity index (χ2v) is 18.7. The van der Waals surface area contributed by atoms with Gasteiger partial charge < -0.3 is 34.4 Å². The van der Waals surface area contributed by atoms with Crippen molar-refractivity contribution in [3.8, 4) is 51.2 Å². The van der Waals surface area contributed by atoms with Gasteiger partial charge in [-0.2, -0.15) is 4.31 Å². The monoisotopic (exact) mass is 907 g/mol. The van der Waals surface area contributed by atoms with E-state index in [1.54, 1.807) is 97.1 Å². The number of hydrogen-bond donors (Lipinski definition) is 2. The Kier molecular flexibility index (Phi) is 12.0. The van der Waals surface area contributed by atoms with Crippen LogP contribution in [0.15, 0.2) is 123 Å². The number of nitrogen functional groups attached to an aromatic ring is 1. The quantitative estimate of drug-likeness (QED) is 0.126. The molecule has 1 saturated heterocycles. The zero-order valence-corrected chi connectivity index (χ0v) is 36.2. The van der Waals surface area contributed by atoms with Crippen LogP contribution in [0.25, 0.3) is 34.0 Å². The number of nitrogens with two attached hydrogens (primary N) is 1. The maximum atomic E-state index is 16.1. The number of methoxy groups -OCH3 is 3. The summed E-state index contributed by atoms with van der Waals surface area (Å²) in [5, 5.41) is 28.8. The maximum absolute atomic E-state index is 16.1. The van der Waals surface area contributed by atoms with Gasteiger partial charge in [0.05, 0.1) is 38.3 Å². The molecule has 3 heterocycles. The number of rotatable bonds is 16. The number of sulfonamides is 1. The van der Waals surface area contributed by atoms with Gasteiger partial charge in [0, 0.05) is 31.7 Å². The number of tetrazole rings is 1. The first-order chi connectivity index (χ1) is 30.8. The van der Waals surface area contributed by atoms with Crippen LogP contribution in [0.2, 0.25) is 0 Å². The Balaban J connectivity index is 1.40. The molecule has 0 bridgehead atoms. The number of ether oxygens (including phenoxy) is 3. The maximum Gasteiger partial charge on any atom is 0.407 e. The van der Waals surface area contributed by atoms with Gasteiger partial charge in [0.1, 0.15) is 27.4 Å². The number of nitrogens with zero attached hydrogens (tertiary/aromatic N) is 8. The Hall–Kier alpha value is -7.36. The standard InChI is InChI=1S/C43H41N9O10S2/c1-59-32-13-7-27(8-14-32)22-51(23-28-9-15-33(60-2)16-10-28)64(57,58)39-37(63(55,56)35-25-50(26-35)43(53)54)20-19-36(30-5-4-6-31(21-30)41-46-47-42(44)62-41)38(39)40-45-48-49-52(40)24-29-11-17-34(61-3)18-12-29/h4-21,35H,22-26H2,1-3H3,(H2,44,47)(H,53,54). The molecule has 0 aliphatic carbocycles. The molecule has 330 valence electrons. The Morgan fingerprint density at radius 3 is 1.86 bits per heavy atom. The van der Waals surface area contributed by atoms with E-state index in [9.17, 15) is 18.3 Å². The highest BCUT2D eigenvalue weighted by Gasteiger charge is 2.45. The van der Waals surface area contributed by atoms with E-state index >= 15 is 8.42 Å². The van der Waals surface area contributed by atoms with Gasteiger partial charge in [0.15, 0.2) is 15.7 Å². The van der Waals surface area contributed by atoms with E-state index in [4.69, 9.17) is 24.4 Å². The van der Waals surface area contributed by atoms with Crippen molar-refractivity contribution in [3.05, 3.63) is 126 Å². The molecular weight excluding hydrogens is 867 g/mol. The van der Waals surface area contributed by atoms with Gasteiger partial charge in [0.2, 0.25) is 15.9 Å². The first-order valence-electron chi connectivity index (χ1n) is 19.5. The molecule has 21 heteroatoms. The molecule has 0 saturated carbocycles. The third-order valence-corrected chi connectivity index (χ3v) is 14.9. The molecule has 0 radical (unpaired) electrons. The summed E-state index contributed by atoms with van der Waals surface area (Å²) in [5.41, 5.74) is 8.52. The van der Waals surface area contributed by atoms with Crippen molar-refractivity contribution < 1.29 is 45.4 Å². The zero-order valence-electron chi connectivity index (χ0n) is 34.6. The van der Waals surface area contributed by atoms with E-state index in [1.165, 1.54) is 42.4 Å². The number of carbonyl (C=O) groups is 1. The number of carboxylic acid groups (broad SMARTS) is 1. The lowest BCUT2D eigenvalue weighted by molar-refractivity contribution is 0.119. The van der Waals surface area contributed by atoms with E-state index < -0.39 is 41.0 Å². The predicted molar refractivity (Wildman–Crippen MR) is 231 cm³/mol. The third-order valence-electron chi connectivity index (χ3n) is 10.7. The second-order valence-electron chi connectivity index (χ2n) is 14.7. The lowest BCUT2D eigenvalue weighted by Crippen LogP contribution is -2.56. The Morgan fingerprint density at radius 1 is 0.766 bits per heavy atom. The van der Waals surface area contributed by atoms with Crippen LogP contribution in [-0.4, -0.2) is 107 Å². The van der Waals surface area contributed by atoms with E-state index in [1.807, 2.05) is 0 Å². The molecule has 1 aliphatic heterocycles. The molecule has 2 aromatic heterocycles. The average Bonchev–Trinajstić information content (AvgIpc) is 3.94. The summed E-state index contributed by atoms with van der Waals surface area (Å²) in [7, 11) is -4.99. The van der Waals surface area contributed by atoms with Crippen molar-refractivity contribution in [2.24, 2.45) is 0 Å². The van der Waals surface area contributed by atoms with E-state index in [0.717, 1.165) is 4.90 Å². The summed E-state index contributed by atoms with van der Waals surface area (Å²) in [6.07, 6.45) is -1.30. The fraction of sp³-hybridized carbons (Fsp3) is 0.209. The molecule has 0 spiro atoms. The number of benzene rings is 5. The van der Waals surface area contributed by atoms with Gasteiger partial charge in [0.25, 0.3) is 0 Å². The lowest BCUT2D eigenvalue weighted by atomic mass is 9.97. The molecule has 1 aliphatic rings. The highest BCUT2D eigenvalue weighted by Crippen LogP contribution is 2.44. The van der Waals surface area contributed by atoms with Gasteiger partial charge in [-0.25, -0.2) is 26.3 Å². The normalized spacial score (nSPS) is 13.2. The fourth-order valence-corrected chi connectivity index (χ4v) is 11.3. The van der Waals surface area contributed by atoms with Crippen molar-refractivity contribution >= 4 is 32.0 Å². The van der Waals surface area contributed by atoms with Crippen LogP contribution in [0.5, 0.6) is 17.2 Å². The summed E-state index contributed by atoms with van der Waals surface area (Å²) in [6.45, 7) is -1.16. The lowest BCUT2D eigenvalue weighted by Gasteiger charge is -2.37. The van der Waals surface area contributed by atoms with Crippen LogP contribution in [-0.2, 0) is 39.5 Å². The van der Waals surface area contributed by atoms with Crippen LogP contribution in [0.3, 0.4) is 0 Å². The summed E-state index contributed by atoms with van der Waals surface area (Å²) in [4.78, 5) is 11.6. The van der Waals surface area contributed by atoms with Crippen LogP contribution in [0.1, 0.15) is 16.7 Å². The molecule has 64 heavy (non-hydrogen) atoms. The minimum absolute atomic E-state index is 0.0289. The van der Waals surface area contributed by atoms with E-state index in [-0.39, 0.29) is 61.6 Å². The number of amides is 1. The first kappa shape index (κ1) is 43.3.